The van der Waals surface area contributed by atoms with E-state index in [1.165, 1.54) is 0 Å². The monoisotopic (exact) mass is 377 g/mol. The van der Waals surface area contributed by atoms with E-state index in [2.05, 4.69) is 15.0 Å². The van der Waals surface area contributed by atoms with Crippen molar-refractivity contribution in [3.63, 3.8) is 0 Å². The van der Waals surface area contributed by atoms with Crippen molar-refractivity contribution in [2.24, 2.45) is 0 Å². The Morgan fingerprint density at radius 1 is 1.18 bits per heavy atom. The predicted molar refractivity (Wildman–Crippen MR) is 56.4 cm³/mol. The summed E-state index contributed by atoms with van der Waals surface area (Å²) in [6.07, 6.45) is 0. The van der Waals surface area contributed by atoms with Crippen LogP contribution in [0.5, 0.6) is 6.01 Å². The molecule has 0 spiro atoms. The van der Waals surface area contributed by atoms with Crippen LogP contribution in [0.3, 0.4) is 0 Å². The van der Waals surface area contributed by atoms with Gasteiger partial charge in [-0.05, 0) is 6.92 Å². The van der Waals surface area contributed by atoms with Gasteiger partial charge in [0.2, 0.25) is 0 Å². The van der Waals surface area contributed by atoms with Crippen LogP contribution >= 0.6 is 45.2 Å². The zero-order valence-electron chi connectivity index (χ0n) is 5.71. The van der Waals surface area contributed by atoms with Crippen LogP contribution in [0.4, 0.5) is 0 Å². The normalized spacial score (nSPS) is 9.73. The van der Waals surface area contributed by atoms with Gasteiger partial charge in [0.25, 0.3) is 0 Å². The molecule has 0 aliphatic heterocycles. The van der Waals surface area contributed by atoms with Crippen LogP contribution in [0.1, 0.15) is 6.92 Å². The van der Waals surface area contributed by atoms with Gasteiger partial charge in [0.15, 0.2) is 7.66 Å². The van der Waals surface area contributed by atoms with Gasteiger partial charge >= 0.3 is 6.01 Å². The van der Waals surface area contributed by atoms with Crippen molar-refractivity contribution in [3.8, 4) is 6.01 Å². The van der Waals surface area contributed by atoms with E-state index in [0.29, 0.717) is 20.3 Å². The number of aromatic nitrogens is 3. The van der Waals surface area contributed by atoms with Crippen molar-refractivity contribution in [1.29, 1.82) is 0 Å². The number of rotatable bonds is 2. The lowest BCUT2D eigenvalue weighted by Gasteiger charge is -1.99. The van der Waals surface area contributed by atoms with Crippen molar-refractivity contribution in [2.45, 2.75) is 6.92 Å². The van der Waals surface area contributed by atoms with Crippen LogP contribution in [-0.4, -0.2) is 21.6 Å². The Balaban J connectivity index is 2.89. The summed E-state index contributed by atoms with van der Waals surface area (Å²) in [5.74, 6) is 0. The highest BCUT2D eigenvalue weighted by Crippen LogP contribution is 2.06. The van der Waals surface area contributed by atoms with Gasteiger partial charge in [0, 0.05) is 45.2 Å². The third-order valence-corrected chi connectivity index (χ3v) is 1.80. The van der Waals surface area contributed by atoms with Gasteiger partial charge in [-0.2, -0.15) is 15.0 Å². The molecule has 0 aliphatic carbocycles. The fourth-order valence-electron chi connectivity index (χ4n) is 0.503. The molecule has 0 saturated carbocycles. The number of hydrogen-bond acceptors (Lipinski definition) is 4. The summed E-state index contributed by atoms with van der Waals surface area (Å²) in [5.41, 5.74) is 0. The molecule has 0 aromatic carbocycles. The van der Waals surface area contributed by atoms with Crippen molar-refractivity contribution in [3.05, 3.63) is 7.66 Å². The second-order valence-corrected chi connectivity index (χ2v) is 3.52. The van der Waals surface area contributed by atoms with E-state index in [1.54, 1.807) is 0 Å². The van der Waals surface area contributed by atoms with Gasteiger partial charge in [0.1, 0.15) is 0 Å². The Morgan fingerprint density at radius 3 is 2.18 bits per heavy atom. The lowest BCUT2D eigenvalue weighted by atomic mass is 10.9. The van der Waals surface area contributed by atoms with E-state index >= 15 is 0 Å². The van der Waals surface area contributed by atoms with E-state index in [0.717, 1.165) is 0 Å². The minimum Gasteiger partial charge on any atom is -0.464 e. The Kier molecular flexibility index (Phi) is 3.69. The van der Waals surface area contributed by atoms with Gasteiger partial charge < -0.3 is 4.74 Å². The SMILES string of the molecule is CCOc1nc(I)nc(I)n1. The molecule has 6 heteroatoms. The summed E-state index contributed by atoms with van der Waals surface area (Å²) < 4.78 is 6.41. The lowest BCUT2D eigenvalue weighted by Crippen LogP contribution is -2.02. The molecule has 4 nitrogen and oxygen atoms in total. The highest BCUT2D eigenvalue weighted by atomic mass is 127. The largest absolute Gasteiger partial charge is 0.464 e. The van der Waals surface area contributed by atoms with Crippen molar-refractivity contribution >= 4 is 45.2 Å². The van der Waals surface area contributed by atoms with E-state index in [-0.39, 0.29) is 0 Å². The summed E-state index contributed by atoms with van der Waals surface area (Å²) in [6.45, 7) is 2.47. The molecule has 0 unspecified atom stereocenters. The number of nitrogens with zero attached hydrogens (tertiary/aromatic N) is 3. The molecule has 1 aromatic heterocycles. The smallest absolute Gasteiger partial charge is 0.321 e. The van der Waals surface area contributed by atoms with E-state index in [1.807, 2.05) is 52.1 Å². The van der Waals surface area contributed by atoms with Crippen LogP contribution < -0.4 is 4.74 Å². The third-order valence-electron chi connectivity index (χ3n) is 0.834. The highest BCUT2D eigenvalue weighted by molar-refractivity contribution is 14.1. The molecular weight excluding hydrogens is 372 g/mol. The molecule has 0 fully saturated rings. The molecule has 0 atom stereocenters. The van der Waals surface area contributed by atoms with Crippen LogP contribution in [0, 0.1) is 7.66 Å². The predicted octanol–water partition coefficient (Wildman–Crippen LogP) is 1.48. The standard InChI is InChI=1S/C5H5I2N3O/c1-2-11-5-9-3(6)8-4(7)10-5/h2H2,1H3. The van der Waals surface area contributed by atoms with Crippen LogP contribution in [-0.2, 0) is 0 Å². The van der Waals surface area contributed by atoms with Gasteiger partial charge in [-0.3, -0.25) is 0 Å². The molecule has 0 amide bonds. The number of halogens is 2. The minimum absolute atomic E-state index is 0.399. The average molecular weight is 377 g/mol. The molecule has 1 rings (SSSR count). The first-order valence-corrected chi connectivity index (χ1v) is 5.08. The van der Waals surface area contributed by atoms with Crippen LogP contribution in [0.2, 0.25) is 0 Å². The zero-order chi connectivity index (χ0) is 8.27. The first kappa shape index (κ1) is 9.36. The fourth-order valence-corrected chi connectivity index (χ4v) is 1.83. The molecule has 1 heterocycles. The summed E-state index contributed by atoms with van der Waals surface area (Å²) in [5, 5.41) is 0. The Hall–Kier alpha value is 0.270. The molecule has 60 valence electrons. The van der Waals surface area contributed by atoms with Crippen molar-refractivity contribution in [1.82, 2.24) is 15.0 Å². The number of hydrogen-bond donors (Lipinski definition) is 0. The molecular formula is C5H5I2N3O. The maximum absolute atomic E-state index is 5.10. The van der Waals surface area contributed by atoms with Gasteiger partial charge in [0.05, 0.1) is 6.61 Å². The van der Waals surface area contributed by atoms with Gasteiger partial charge in [-0.25, -0.2) is 0 Å². The molecule has 0 aliphatic rings. The maximum Gasteiger partial charge on any atom is 0.321 e. The summed E-state index contributed by atoms with van der Waals surface area (Å²) in [4.78, 5) is 11.9. The summed E-state index contributed by atoms with van der Waals surface area (Å²) in [7, 11) is 0. The first-order chi connectivity index (χ1) is 5.22. The fraction of sp³-hybridized carbons (Fsp3) is 0.400. The molecule has 11 heavy (non-hydrogen) atoms. The summed E-state index contributed by atoms with van der Waals surface area (Å²) >= 11 is 4.05. The van der Waals surface area contributed by atoms with Gasteiger partial charge in [-0.15, -0.1) is 0 Å². The topological polar surface area (TPSA) is 47.9 Å². The zero-order valence-corrected chi connectivity index (χ0v) is 10.0. The quantitative estimate of drug-likeness (QED) is 0.733. The van der Waals surface area contributed by atoms with Gasteiger partial charge in [-0.1, -0.05) is 0 Å². The van der Waals surface area contributed by atoms with E-state index in [9.17, 15) is 0 Å². The second kappa shape index (κ2) is 4.33. The maximum atomic E-state index is 5.10. The Bertz CT molecular complexity index is 235. The minimum atomic E-state index is 0.399. The second-order valence-electron chi connectivity index (χ2n) is 1.59. The highest BCUT2D eigenvalue weighted by Gasteiger charge is 2.00. The first-order valence-electron chi connectivity index (χ1n) is 2.92. The molecule has 0 bridgehead atoms. The van der Waals surface area contributed by atoms with E-state index in [4.69, 9.17) is 4.74 Å². The molecule has 0 N–H and O–H groups in total. The Morgan fingerprint density at radius 2 is 1.73 bits per heavy atom. The third kappa shape index (κ3) is 3.01. The van der Waals surface area contributed by atoms with E-state index < -0.39 is 0 Å². The van der Waals surface area contributed by atoms with Crippen LogP contribution in [0.25, 0.3) is 0 Å². The molecule has 0 saturated heterocycles. The number of ether oxygens (including phenoxy) is 1. The van der Waals surface area contributed by atoms with Crippen molar-refractivity contribution < 1.29 is 4.74 Å². The lowest BCUT2D eigenvalue weighted by molar-refractivity contribution is 0.309. The van der Waals surface area contributed by atoms with Crippen molar-refractivity contribution in [2.75, 3.05) is 6.61 Å². The average Bonchev–Trinajstić information content (AvgIpc) is 1.85. The van der Waals surface area contributed by atoms with Crippen LogP contribution in [0.15, 0.2) is 0 Å². The Labute approximate surface area is 91.5 Å². The molecule has 1 aromatic rings. The molecule has 0 radical (unpaired) electrons. The summed E-state index contributed by atoms with van der Waals surface area (Å²) in [6, 6.07) is 0.399.